The summed E-state index contributed by atoms with van der Waals surface area (Å²) in [5.74, 6) is -1.52. The molecule has 14 heteroatoms. The third-order valence-electron chi connectivity index (χ3n) is 4.91. The fraction of sp³-hybridized carbons (Fsp3) is 0.0833. The second-order valence-corrected chi connectivity index (χ2v) is 9.73. The molecule has 198 valence electrons. The van der Waals surface area contributed by atoms with E-state index < -0.39 is 40.2 Å². The van der Waals surface area contributed by atoms with Gasteiger partial charge >= 0.3 is 6.18 Å². The summed E-state index contributed by atoms with van der Waals surface area (Å²) < 4.78 is 67.2. The van der Waals surface area contributed by atoms with Crippen molar-refractivity contribution in [3.63, 3.8) is 0 Å². The van der Waals surface area contributed by atoms with Gasteiger partial charge in [0.2, 0.25) is 5.96 Å². The average Bonchev–Trinajstić information content (AvgIpc) is 2.84. The highest BCUT2D eigenvalue weighted by Gasteiger charge is 2.35. The molecule has 0 aliphatic carbocycles. The predicted molar refractivity (Wildman–Crippen MR) is 140 cm³/mol. The van der Waals surface area contributed by atoms with Crippen LogP contribution in [0.1, 0.15) is 22.3 Å². The lowest BCUT2D eigenvalue weighted by Gasteiger charge is -2.12. The Morgan fingerprint density at radius 3 is 2.13 bits per heavy atom. The number of anilines is 1. The Balaban J connectivity index is 1.84. The number of hydrogen-bond donors (Lipinski definition) is 4. The third kappa shape index (κ3) is 7.40. The minimum atomic E-state index is -4.86. The molecule has 0 spiro atoms. The highest BCUT2D eigenvalue weighted by Crippen LogP contribution is 2.27. The van der Waals surface area contributed by atoms with Crippen LogP contribution in [-0.2, 0) is 10.0 Å². The normalized spacial score (nSPS) is 12.7. The van der Waals surface area contributed by atoms with Gasteiger partial charge in [-0.25, -0.2) is 0 Å². The second-order valence-electron chi connectivity index (χ2n) is 7.72. The molecule has 0 fully saturated rings. The smallest absolute Gasteiger partial charge is 0.399 e. The number of hydrogen-bond acceptors (Lipinski definition) is 6. The van der Waals surface area contributed by atoms with E-state index in [9.17, 15) is 26.4 Å². The van der Waals surface area contributed by atoms with Crippen LogP contribution in [0.4, 0.5) is 24.5 Å². The van der Waals surface area contributed by atoms with Gasteiger partial charge in [0, 0.05) is 17.7 Å². The first-order valence-corrected chi connectivity index (χ1v) is 12.4. The van der Waals surface area contributed by atoms with Crippen LogP contribution in [0.3, 0.4) is 0 Å². The summed E-state index contributed by atoms with van der Waals surface area (Å²) in [6.45, 7) is 0. The van der Waals surface area contributed by atoms with Gasteiger partial charge in [-0.2, -0.15) is 21.6 Å². The maximum absolute atomic E-state index is 13.0. The van der Waals surface area contributed by atoms with Crippen molar-refractivity contribution in [2.45, 2.75) is 17.5 Å². The Kier molecular flexibility index (Phi) is 8.53. The summed E-state index contributed by atoms with van der Waals surface area (Å²) >= 11 is 6.08. The van der Waals surface area contributed by atoms with Crippen LogP contribution in [0.2, 0.25) is 5.02 Å². The standard InChI is InChI=1S/C24H20ClF3N6O3S/c25-18-3-1-2-4-19(18)32-20(13-21(30)24(26,27)28)14-5-7-15(8-6-14)22(35)33-23(31)34-38(36,37)17-11-9-16(29)10-12-17/h1-12,30H,13,29H2,(H3,31,33,34,35). The molecule has 1 amide bonds. The number of para-hydroxylation sites is 1. The fourth-order valence-electron chi connectivity index (χ4n) is 3.01. The molecule has 0 aliphatic heterocycles. The molecule has 3 aromatic rings. The number of nitrogens with one attached hydrogen (secondary N) is 2. The number of rotatable bonds is 7. The Bertz CT molecular complexity index is 1520. The van der Waals surface area contributed by atoms with E-state index in [2.05, 4.69) is 14.7 Å². The van der Waals surface area contributed by atoms with Crippen LogP contribution in [0.15, 0.2) is 87.1 Å². The van der Waals surface area contributed by atoms with Gasteiger partial charge in [0.15, 0.2) is 0 Å². The molecule has 3 rings (SSSR count). The van der Waals surface area contributed by atoms with E-state index in [0.29, 0.717) is 5.69 Å². The van der Waals surface area contributed by atoms with Crippen LogP contribution in [0.25, 0.3) is 0 Å². The van der Waals surface area contributed by atoms with E-state index in [1.807, 2.05) is 0 Å². The minimum absolute atomic E-state index is 0.000209. The van der Waals surface area contributed by atoms with Crippen molar-refractivity contribution in [2.24, 2.45) is 15.1 Å². The van der Waals surface area contributed by atoms with E-state index in [4.69, 9.17) is 28.5 Å². The average molecular weight is 565 g/mol. The van der Waals surface area contributed by atoms with Gasteiger partial charge in [0.25, 0.3) is 15.9 Å². The van der Waals surface area contributed by atoms with Crippen LogP contribution in [0.5, 0.6) is 0 Å². The maximum Gasteiger partial charge on any atom is 0.429 e. The number of halogens is 4. The van der Waals surface area contributed by atoms with E-state index in [1.54, 1.807) is 12.1 Å². The van der Waals surface area contributed by atoms with Crippen molar-refractivity contribution in [3.8, 4) is 0 Å². The highest BCUT2D eigenvalue weighted by atomic mass is 35.5. The van der Waals surface area contributed by atoms with Gasteiger partial charge in [-0.1, -0.05) is 35.9 Å². The summed E-state index contributed by atoms with van der Waals surface area (Å²) in [6.07, 6.45) is -5.70. The molecule has 0 atom stereocenters. The van der Waals surface area contributed by atoms with E-state index in [0.717, 1.165) is 0 Å². The van der Waals surface area contributed by atoms with Gasteiger partial charge in [0.1, 0.15) is 5.71 Å². The van der Waals surface area contributed by atoms with Crippen LogP contribution in [-0.4, -0.2) is 37.9 Å². The topological polar surface area (TPSA) is 164 Å². The number of alkyl halides is 3. The SMILES string of the molecule is N=C(CC(=Nc1ccccc1Cl)c1ccc(C(=O)NC(N)=NS(=O)(=O)c2ccc(N)cc2)cc1)C(F)(F)F. The predicted octanol–water partition coefficient (Wildman–Crippen LogP) is 4.45. The molecule has 0 aliphatic rings. The number of carbonyl (C=O) groups is 1. The van der Waals surface area contributed by atoms with Crippen LogP contribution < -0.4 is 16.8 Å². The number of amides is 1. The lowest BCUT2D eigenvalue weighted by Crippen LogP contribution is -2.37. The largest absolute Gasteiger partial charge is 0.429 e. The highest BCUT2D eigenvalue weighted by molar-refractivity contribution is 7.90. The summed E-state index contributed by atoms with van der Waals surface area (Å²) in [5.41, 5.74) is 10.2. The van der Waals surface area contributed by atoms with Crippen LogP contribution >= 0.6 is 11.6 Å². The summed E-state index contributed by atoms with van der Waals surface area (Å²) in [7, 11) is -4.22. The Hall–Kier alpha value is -4.23. The van der Waals surface area contributed by atoms with Crippen molar-refractivity contribution < 1.29 is 26.4 Å². The Labute approximate surface area is 220 Å². The molecule has 3 aromatic carbocycles. The van der Waals surface area contributed by atoms with Gasteiger partial charge in [0.05, 0.1) is 21.3 Å². The monoisotopic (exact) mass is 564 g/mol. The lowest BCUT2D eigenvalue weighted by molar-refractivity contribution is -0.0605. The molecule has 0 bridgehead atoms. The molecule has 0 unspecified atom stereocenters. The molecule has 38 heavy (non-hydrogen) atoms. The first-order valence-electron chi connectivity index (χ1n) is 10.6. The van der Waals surface area contributed by atoms with Crippen molar-refractivity contribution in [1.82, 2.24) is 5.32 Å². The lowest BCUT2D eigenvalue weighted by atomic mass is 10.0. The number of benzene rings is 3. The number of nitrogen functional groups attached to an aromatic ring is 1. The number of carbonyl (C=O) groups excluding carboxylic acids is 1. The van der Waals surface area contributed by atoms with E-state index >= 15 is 0 Å². The number of guanidine groups is 1. The molecular weight excluding hydrogens is 545 g/mol. The van der Waals surface area contributed by atoms with Gasteiger partial charge in [-0.15, -0.1) is 4.40 Å². The number of nitrogens with two attached hydrogens (primary N) is 2. The van der Waals surface area contributed by atoms with Crippen molar-refractivity contribution in [1.29, 1.82) is 5.41 Å². The molecule has 0 saturated carbocycles. The molecule has 0 saturated heterocycles. The zero-order chi connectivity index (χ0) is 28.1. The molecule has 0 radical (unpaired) electrons. The minimum Gasteiger partial charge on any atom is -0.399 e. The Morgan fingerprint density at radius 2 is 1.55 bits per heavy atom. The molecule has 9 nitrogen and oxygen atoms in total. The van der Waals surface area contributed by atoms with Gasteiger partial charge < -0.3 is 16.9 Å². The quantitative estimate of drug-likeness (QED) is 0.189. The summed E-state index contributed by atoms with van der Waals surface area (Å²) in [5, 5.41) is 9.72. The second kappa shape index (κ2) is 11.4. The first kappa shape index (κ1) is 28.3. The summed E-state index contributed by atoms with van der Waals surface area (Å²) in [4.78, 5) is 16.6. The van der Waals surface area contributed by atoms with Crippen molar-refractivity contribution in [2.75, 3.05) is 5.73 Å². The summed E-state index contributed by atoms with van der Waals surface area (Å²) in [6, 6.07) is 16.6. The molecule has 6 N–H and O–H groups in total. The Morgan fingerprint density at radius 1 is 0.974 bits per heavy atom. The van der Waals surface area contributed by atoms with Gasteiger partial charge in [-0.05, 0) is 54.1 Å². The fourth-order valence-corrected chi connectivity index (χ4v) is 4.08. The molecule has 0 heterocycles. The van der Waals surface area contributed by atoms with E-state index in [1.165, 1.54) is 60.7 Å². The zero-order valence-electron chi connectivity index (χ0n) is 19.3. The molecular formula is C24H20ClF3N6O3S. The maximum atomic E-state index is 13.0. The van der Waals surface area contributed by atoms with E-state index in [-0.39, 0.29) is 32.4 Å². The third-order valence-corrected chi connectivity index (χ3v) is 6.54. The van der Waals surface area contributed by atoms with Crippen LogP contribution in [0, 0.1) is 5.41 Å². The van der Waals surface area contributed by atoms with Crippen molar-refractivity contribution in [3.05, 3.63) is 88.9 Å². The van der Waals surface area contributed by atoms with Crippen molar-refractivity contribution >= 4 is 56.3 Å². The first-order chi connectivity index (χ1) is 17.8. The number of aliphatic imine (C=N–C) groups is 1. The van der Waals surface area contributed by atoms with Gasteiger partial charge in [-0.3, -0.25) is 15.1 Å². The number of sulfonamides is 1. The zero-order valence-corrected chi connectivity index (χ0v) is 20.9. The number of nitrogens with zero attached hydrogens (tertiary/aromatic N) is 2. The molecule has 0 aromatic heterocycles.